The van der Waals surface area contributed by atoms with Crippen LogP contribution in [0.4, 0.5) is 5.69 Å². The third-order valence-electron chi connectivity index (χ3n) is 3.18. The fourth-order valence-electron chi connectivity index (χ4n) is 2.09. The fourth-order valence-corrected chi connectivity index (χ4v) is 2.09. The second kappa shape index (κ2) is 7.98. The van der Waals surface area contributed by atoms with Crippen LogP contribution >= 0.6 is 0 Å². The number of ether oxygens (including phenoxy) is 2. The van der Waals surface area contributed by atoms with Crippen LogP contribution in [0, 0.1) is 0 Å². The van der Waals surface area contributed by atoms with Crippen LogP contribution in [0.3, 0.4) is 0 Å². The van der Waals surface area contributed by atoms with Crippen molar-refractivity contribution >= 4 is 11.6 Å². The van der Waals surface area contributed by atoms with Crippen LogP contribution in [0.5, 0.6) is 0 Å². The molecule has 1 aliphatic rings. The van der Waals surface area contributed by atoms with Gasteiger partial charge in [-0.15, -0.1) is 0 Å². The molecular weight excluding hydrogens is 260 g/mol. The maximum atomic E-state index is 11.8. The maximum absolute atomic E-state index is 11.8. The Labute approximate surface area is 118 Å². The standard InChI is InChI=1S/C13H22N4O3/c1-19-7-6-17-9-11(8-15-17)16-13(18)10-20-12-2-4-14-5-3-12/h8-9,12,14H,2-7,10H2,1H3,(H,16,18). The molecule has 1 aromatic heterocycles. The molecule has 0 radical (unpaired) electrons. The number of rotatable bonds is 7. The Morgan fingerprint density at radius 1 is 1.55 bits per heavy atom. The maximum Gasteiger partial charge on any atom is 0.250 e. The van der Waals surface area contributed by atoms with E-state index in [0.29, 0.717) is 18.8 Å². The average Bonchev–Trinajstić information content (AvgIpc) is 2.91. The van der Waals surface area contributed by atoms with Crippen molar-refractivity contribution in [1.29, 1.82) is 0 Å². The van der Waals surface area contributed by atoms with Crippen LogP contribution in [-0.4, -0.2) is 55.2 Å². The summed E-state index contributed by atoms with van der Waals surface area (Å²) in [5.41, 5.74) is 0.681. The molecule has 1 fully saturated rings. The first-order valence-electron chi connectivity index (χ1n) is 6.91. The molecule has 0 aliphatic carbocycles. The summed E-state index contributed by atoms with van der Waals surface area (Å²) in [7, 11) is 1.64. The molecule has 2 N–H and O–H groups in total. The molecule has 0 saturated carbocycles. The first-order chi connectivity index (χ1) is 9.78. The van der Waals surface area contributed by atoms with Crippen molar-refractivity contribution < 1.29 is 14.3 Å². The highest BCUT2D eigenvalue weighted by molar-refractivity contribution is 5.91. The van der Waals surface area contributed by atoms with Crippen molar-refractivity contribution in [2.24, 2.45) is 0 Å². The van der Waals surface area contributed by atoms with Crippen LogP contribution in [0.2, 0.25) is 0 Å². The first-order valence-corrected chi connectivity index (χ1v) is 6.91. The molecule has 0 aromatic carbocycles. The third-order valence-corrected chi connectivity index (χ3v) is 3.18. The summed E-state index contributed by atoms with van der Waals surface area (Å²) in [6, 6.07) is 0. The Balaban J connectivity index is 1.69. The minimum absolute atomic E-state index is 0.0912. The van der Waals surface area contributed by atoms with E-state index in [9.17, 15) is 4.79 Å². The van der Waals surface area contributed by atoms with E-state index in [4.69, 9.17) is 9.47 Å². The van der Waals surface area contributed by atoms with Gasteiger partial charge in [0, 0.05) is 13.3 Å². The topological polar surface area (TPSA) is 77.4 Å². The van der Waals surface area contributed by atoms with Crippen molar-refractivity contribution in [3.63, 3.8) is 0 Å². The van der Waals surface area contributed by atoms with Crippen LogP contribution in [0.25, 0.3) is 0 Å². The van der Waals surface area contributed by atoms with Crippen molar-refractivity contribution in [2.75, 3.05) is 38.7 Å². The van der Waals surface area contributed by atoms with Crippen molar-refractivity contribution in [2.45, 2.75) is 25.5 Å². The van der Waals surface area contributed by atoms with E-state index in [1.54, 1.807) is 24.2 Å². The van der Waals surface area contributed by atoms with Gasteiger partial charge in [-0.2, -0.15) is 5.10 Å². The van der Waals surface area contributed by atoms with Crippen LogP contribution < -0.4 is 10.6 Å². The van der Waals surface area contributed by atoms with Gasteiger partial charge < -0.3 is 20.1 Å². The normalized spacial score (nSPS) is 16.2. The lowest BCUT2D eigenvalue weighted by Crippen LogP contribution is -2.34. The molecule has 1 aliphatic heterocycles. The van der Waals surface area contributed by atoms with E-state index in [-0.39, 0.29) is 18.6 Å². The number of nitrogens with one attached hydrogen (secondary N) is 2. The number of methoxy groups -OCH3 is 1. The highest BCUT2D eigenvalue weighted by Crippen LogP contribution is 2.08. The quantitative estimate of drug-likeness (QED) is 0.749. The lowest BCUT2D eigenvalue weighted by molar-refractivity contribution is -0.123. The predicted octanol–water partition coefficient (Wildman–Crippen LogP) is 0.237. The van der Waals surface area contributed by atoms with Crippen molar-refractivity contribution in [3.8, 4) is 0 Å². The van der Waals surface area contributed by atoms with Gasteiger partial charge in [0.25, 0.3) is 0 Å². The second-order valence-electron chi connectivity index (χ2n) is 4.79. The molecule has 2 heterocycles. The summed E-state index contributed by atoms with van der Waals surface area (Å²) in [6.07, 6.45) is 5.51. The summed E-state index contributed by atoms with van der Waals surface area (Å²) in [6.45, 7) is 3.26. The fraction of sp³-hybridized carbons (Fsp3) is 0.692. The van der Waals surface area contributed by atoms with Gasteiger partial charge in [0.1, 0.15) is 6.61 Å². The zero-order chi connectivity index (χ0) is 14.2. The number of carbonyl (C=O) groups is 1. The van der Waals surface area contributed by atoms with E-state index in [2.05, 4.69) is 15.7 Å². The molecule has 1 aromatic rings. The number of anilines is 1. The molecule has 20 heavy (non-hydrogen) atoms. The van der Waals surface area contributed by atoms with E-state index < -0.39 is 0 Å². The zero-order valence-electron chi connectivity index (χ0n) is 11.8. The van der Waals surface area contributed by atoms with Crippen LogP contribution in [-0.2, 0) is 20.8 Å². The minimum Gasteiger partial charge on any atom is -0.383 e. The Kier molecular flexibility index (Phi) is 5.97. The van der Waals surface area contributed by atoms with Gasteiger partial charge in [-0.25, -0.2) is 0 Å². The van der Waals surface area contributed by atoms with E-state index in [1.165, 1.54) is 0 Å². The zero-order valence-corrected chi connectivity index (χ0v) is 11.8. The van der Waals surface area contributed by atoms with E-state index in [0.717, 1.165) is 25.9 Å². The largest absolute Gasteiger partial charge is 0.383 e. The smallest absolute Gasteiger partial charge is 0.250 e. The molecule has 7 nitrogen and oxygen atoms in total. The van der Waals surface area contributed by atoms with Gasteiger partial charge >= 0.3 is 0 Å². The number of amides is 1. The van der Waals surface area contributed by atoms with Gasteiger partial charge in [-0.05, 0) is 25.9 Å². The molecule has 1 amide bonds. The Morgan fingerprint density at radius 2 is 2.35 bits per heavy atom. The molecule has 0 unspecified atom stereocenters. The Hall–Kier alpha value is -1.44. The van der Waals surface area contributed by atoms with Gasteiger partial charge in [0.2, 0.25) is 5.91 Å². The Morgan fingerprint density at radius 3 is 3.10 bits per heavy atom. The summed E-state index contributed by atoms with van der Waals surface area (Å²) < 4.78 is 12.3. The van der Waals surface area contributed by atoms with Crippen LogP contribution in [0.15, 0.2) is 12.4 Å². The van der Waals surface area contributed by atoms with Gasteiger partial charge in [0.05, 0.1) is 31.1 Å². The summed E-state index contributed by atoms with van der Waals surface area (Å²) in [5.74, 6) is -0.144. The predicted molar refractivity (Wildman–Crippen MR) is 74.6 cm³/mol. The van der Waals surface area contributed by atoms with E-state index >= 15 is 0 Å². The molecule has 0 spiro atoms. The SMILES string of the molecule is COCCn1cc(NC(=O)COC2CCNCC2)cn1. The summed E-state index contributed by atoms with van der Waals surface area (Å²) in [4.78, 5) is 11.8. The highest BCUT2D eigenvalue weighted by Gasteiger charge is 2.15. The first kappa shape index (κ1) is 15.0. The van der Waals surface area contributed by atoms with Gasteiger partial charge in [0.15, 0.2) is 0 Å². The number of aromatic nitrogens is 2. The average molecular weight is 282 g/mol. The summed E-state index contributed by atoms with van der Waals surface area (Å²) in [5, 5.41) is 10.2. The molecule has 1 saturated heterocycles. The monoisotopic (exact) mass is 282 g/mol. The van der Waals surface area contributed by atoms with Crippen molar-refractivity contribution in [1.82, 2.24) is 15.1 Å². The molecule has 112 valence electrons. The van der Waals surface area contributed by atoms with Gasteiger partial charge in [-0.3, -0.25) is 9.48 Å². The molecule has 7 heteroatoms. The second-order valence-corrected chi connectivity index (χ2v) is 4.79. The van der Waals surface area contributed by atoms with Gasteiger partial charge in [-0.1, -0.05) is 0 Å². The number of hydrogen-bond donors (Lipinski definition) is 2. The Bertz CT molecular complexity index is 416. The number of carbonyl (C=O) groups excluding carboxylic acids is 1. The molecule has 2 rings (SSSR count). The summed E-state index contributed by atoms with van der Waals surface area (Å²) >= 11 is 0. The molecular formula is C13H22N4O3. The molecule has 0 bridgehead atoms. The third kappa shape index (κ3) is 4.92. The van der Waals surface area contributed by atoms with Crippen molar-refractivity contribution in [3.05, 3.63) is 12.4 Å². The highest BCUT2D eigenvalue weighted by atomic mass is 16.5. The van der Waals surface area contributed by atoms with E-state index in [1.807, 2.05) is 0 Å². The molecule has 0 atom stereocenters. The minimum atomic E-state index is -0.144. The lowest BCUT2D eigenvalue weighted by Gasteiger charge is -2.22. The lowest BCUT2D eigenvalue weighted by atomic mass is 10.1. The number of nitrogens with zero attached hydrogens (tertiary/aromatic N) is 2. The number of piperidine rings is 1. The number of hydrogen-bond acceptors (Lipinski definition) is 5. The van der Waals surface area contributed by atoms with Crippen LogP contribution in [0.1, 0.15) is 12.8 Å².